The van der Waals surface area contributed by atoms with Crippen LogP contribution in [0.4, 0.5) is 0 Å². The van der Waals surface area contributed by atoms with Crippen LogP contribution in [0.25, 0.3) is 0 Å². The van der Waals surface area contributed by atoms with Crippen LogP contribution in [0.3, 0.4) is 0 Å². The van der Waals surface area contributed by atoms with Crippen molar-refractivity contribution >= 4 is 5.91 Å². The first-order valence-corrected chi connectivity index (χ1v) is 8.68. The molecule has 1 aliphatic rings. The predicted molar refractivity (Wildman–Crippen MR) is 91.5 cm³/mol. The van der Waals surface area contributed by atoms with Crippen LogP contribution in [-0.2, 0) is 13.6 Å². The first kappa shape index (κ1) is 16.5. The summed E-state index contributed by atoms with van der Waals surface area (Å²) in [4.78, 5) is 18.3. The molecule has 0 aromatic carbocycles. The maximum atomic E-state index is 12.5. The van der Waals surface area contributed by atoms with Gasteiger partial charge >= 0.3 is 0 Å². The molecule has 136 valence electrons. The molecule has 9 nitrogen and oxygen atoms in total. The molecule has 0 unspecified atom stereocenters. The molecule has 4 rings (SSSR count). The van der Waals surface area contributed by atoms with Crippen molar-refractivity contribution in [3.05, 3.63) is 47.9 Å². The van der Waals surface area contributed by atoms with E-state index in [1.54, 1.807) is 18.6 Å². The zero-order valence-corrected chi connectivity index (χ0v) is 14.9. The first-order valence-electron chi connectivity index (χ1n) is 8.68. The maximum absolute atomic E-state index is 12.5. The Morgan fingerprint density at radius 3 is 2.77 bits per heavy atom. The zero-order chi connectivity index (χ0) is 18.1. The van der Waals surface area contributed by atoms with Gasteiger partial charge in [-0.15, -0.1) is 10.2 Å². The molecule has 9 heteroatoms. The number of nitrogens with zero attached hydrogens (tertiary/aromatic N) is 7. The molecule has 1 amide bonds. The van der Waals surface area contributed by atoms with Crippen molar-refractivity contribution in [2.75, 3.05) is 13.1 Å². The van der Waals surface area contributed by atoms with Crippen LogP contribution in [0.2, 0.25) is 0 Å². The van der Waals surface area contributed by atoms with Crippen LogP contribution < -0.4 is 0 Å². The first-order chi connectivity index (χ1) is 12.6. The van der Waals surface area contributed by atoms with E-state index in [-0.39, 0.29) is 5.91 Å². The average Bonchev–Trinajstić information content (AvgIpc) is 3.38. The second-order valence-corrected chi connectivity index (χ2v) is 6.67. The lowest BCUT2D eigenvalue weighted by molar-refractivity contribution is 0.0668. The lowest BCUT2D eigenvalue weighted by atomic mass is 9.95. The van der Waals surface area contributed by atoms with Gasteiger partial charge in [-0.25, -0.2) is 4.98 Å². The topological polar surface area (TPSA) is 94.9 Å². The van der Waals surface area contributed by atoms with Crippen molar-refractivity contribution in [1.82, 2.24) is 34.4 Å². The van der Waals surface area contributed by atoms with E-state index in [2.05, 4.69) is 24.9 Å². The average molecular weight is 355 g/mol. The van der Waals surface area contributed by atoms with Crippen LogP contribution in [0.5, 0.6) is 0 Å². The Morgan fingerprint density at radius 2 is 2.12 bits per heavy atom. The molecule has 0 radical (unpaired) electrons. The van der Waals surface area contributed by atoms with E-state index < -0.39 is 0 Å². The smallest absolute Gasteiger partial charge is 0.292 e. The molecule has 1 aliphatic heterocycles. The van der Waals surface area contributed by atoms with Crippen LogP contribution in [0.15, 0.2) is 29.3 Å². The Labute approximate surface area is 150 Å². The second kappa shape index (κ2) is 6.74. The molecule has 0 aliphatic carbocycles. The fourth-order valence-corrected chi connectivity index (χ4v) is 3.37. The van der Waals surface area contributed by atoms with Gasteiger partial charge in [0, 0.05) is 44.5 Å². The summed E-state index contributed by atoms with van der Waals surface area (Å²) in [7, 11) is 2.00. The van der Waals surface area contributed by atoms with Crippen molar-refractivity contribution in [3.63, 3.8) is 0 Å². The number of amides is 1. The summed E-state index contributed by atoms with van der Waals surface area (Å²) in [6.07, 6.45) is 7.14. The van der Waals surface area contributed by atoms with Gasteiger partial charge in [0.05, 0.1) is 18.6 Å². The standard InChI is InChI=1S/C17H21N7O2/c1-12-9-14(26-21-12)17(25)24-6-3-13(4-7-24)16-20-19-15(22(16)2)10-23-8-5-18-11-23/h5,8-9,11,13H,3-4,6-7,10H2,1-2H3. The molecule has 3 aromatic heterocycles. The minimum Gasteiger partial charge on any atom is -0.351 e. The number of carbonyl (C=O) groups excluding carboxylic acids is 1. The van der Waals surface area contributed by atoms with Crippen LogP contribution in [0, 0.1) is 6.92 Å². The normalized spacial score (nSPS) is 15.5. The van der Waals surface area contributed by atoms with Crippen LogP contribution >= 0.6 is 0 Å². The number of piperidine rings is 1. The zero-order valence-electron chi connectivity index (χ0n) is 14.9. The highest BCUT2D eigenvalue weighted by Gasteiger charge is 2.29. The quantitative estimate of drug-likeness (QED) is 0.702. The second-order valence-electron chi connectivity index (χ2n) is 6.67. The highest BCUT2D eigenvalue weighted by atomic mass is 16.5. The number of imidazole rings is 1. The number of carbonyl (C=O) groups is 1. The minimum absolute atomic E-state index is 0.0946. The summed E-state index contributed by atoms with van der Waals surface area (Å²) in [5.74, 6) is 2.38. The number of rotatable bonds is 4. The maximum Gasteiger partial charge on any atom is 0.292 e. The molecular formula is C17H21N7O2. The summed E-state index contributed by atoms with van der Waals surface area (Å²) >= 11 is 0. The fraction of sp³-hybridized carbons (Fsp3) is 0.471. The Bertz CT molecular complexity index is 888. The van der Waals surface area contributed by atoms with Gasteiger partial charge in [-0.3, -0.25) is 4.79 Å². The van der Waals surface area contributed by atoms with Gasteiger partial charge in [0.1, 0.15) is 5.82 Å². The van der Waals surface area contributed by atoms with E-state index in [9.17, 15) is 4.79 Å². The summed E-state index contributed by atoms with van der Waals surface area (Å²) in [5, 5.41) is 12.5. The Kier molecular flexibility index (Phi) is 4.27. The summed E-state index contributed by atoms with van der Waals surface area (Å²) in [6.45, 7) is 3.80. The Balaban J connectivity index is 1.40. The van der Waals surface area contributed by atoms with Crippen LogP contribution in [0.1, 0.15) is 46.7 Å². The SMILES string of the molecule is Cc1cc(C(=O)N2CCC(c3nnc(Cn4ccnc4)n3C)CC2)on1. The van der Waals surface area contributed by atoms with E-state index in [4.69, 9.17) is 4.52 Å². The third-order valence-electron chi connectivity index (χ3n) is 4.87. The van der Waals surface area contributed by atoms with Gasteiger partial charge < -0.3 is 18.6 Å². The molecular weight excluding hydrogens is 334 g/mol. The van der Waals surface area contributed by atoms with Gasteiger partial charge in [-0.05, 0) is 19.8 Å². The summed E-state index contributed by atoms with van der Waals surface area (Å²) in [5.41, 5.74) is 0.716. The third-order valence-corrected chi connectivity index (χ3v) is 4.87. The van der Waals surface area contributed by atoms with Crippen LogP contribution in [-0.4, -0.2) is 53.4 Å². The molecule has 1 fully saturated rings. The number of aromatic nitrogens is 6. The molecule has 3 aromatic rings. The number of aryl methyl sites for hydroxylation is 1. The monoisotopic (exact) mass is 355 g/mol. The van der Waals surface area contributed by atoms with Gasteiger partial charge in [0.25, 0.3) is 5.91 Å². The molecule has 0 atom stereocenters. The lowest BCUT2D eigenvalue weighted by Crippen LogP contribution is -2.38. The highest BCUT2D eigenvalue weighted by Crippen LogP contribution is 2.27. The third kappa shape index (κ3) is 3.12. The molecule has 1 saturated heterocycles. The number of hydrogen-bond acceptors (Lipinski definition) is 6. The van der Waals surface area contributed by atoms with E-state index in [0.29, 0.717) is 37.0 Å². The fourth-order valence-electron chi connectivity index (χ4n) is 3.37. The summed E-state index contributed by atoms with van der Waals surface area (Å²) < 4.78 is 9.11. The lowest BCUT2D eigenvalue weighted by Gasteiger charge is -2.30. The van der Waals surface area contributed by atoms with Crippen molar-refractivity contribution in [1.29, 1.82) is 0 Å². The van der Waals surface area contributed by atoms with Crippen molar-refractivity contribution < 1.29 is 9.32 Å². The Hall–Kier alpha value is -2.97. The number of hydrogen-bond donors (Lipinski definition) is 0. The molecule has 26 heavy (non-hydrogen) atoms. The summed E-state index contributed by atoms with van der Waals surface area (Å²) in [6, 6.07) is 1.68. The molecule has 0 N–H and O–H groups in total. The van der Waals surface area contributed by atoms with E-state index in [1.165, 1.54) is 0 Å². The molecule has 0 spiro atoms. The van der Waals surface area contributed by atoms with Crippen molar-refractivity contribution in [2.45, 2.75) is 32.2 Å². The molecule has 4 heterocycles. The van der Waals surface area contributed by atoms with Gasteiger partial charge in [-0.1, -0.05) is 5.16 Å². The Morgan fingerprint density at radius 1 is 1.31 bits per heavy atom. The highest BCUT2D eigenvalue weighted by molar-refractivity contribution is 5.91. The predicted octanol–water partition coefficient (Wildman–Crippen LogP) is 1.38. The van der Waals surface area contributed by atoms with Gasteiger partial charge in [-0.2, -0.15) is 0 Å². The molecule has 0 saturated carbocycles. The van der Waals surface area contributed by atoms with E-state index >= 15 is 0 Å². The minimum atomic E-state index is -0.0946. The van der Waals surface area contributed by atoms with Gasteiger partial charge in [0.15, 0.2) is 5.82 Å². The molecule has 0 bridgehead atoms. The van der Waals surface area contributed by atoms with E-state index in [0.717, 1.165) is 24.5 Å². The van der Waals surface area contributed by atoms with E-state index in [1.807, 2.05) is 29.6 Å². The van der Waals surface area contributed by atoms with Crippen molar-refractivity contribution in [3.8, 4) is 0 Å². The van der Waals surface area contributed by atoms with Crippen molar-refractivity contribution in [2.24, 2.45) is 7.05 Å². The number of likely N-dealkylation sites (tertiary alicyclic amines) is 1. The largest absolute Gasteiger partial charge is 0.351 e. The van der Waals surface area contributed by atoms with Gasteiger partial charge in [0.2, 0.25) is 5.76 Å².